The maximum absolute atomic E-state index is 6.25. The Morgan fingerprint density at radius 3 is 2.44 bits per heavy atom. The molecule has 0 aromatic heterocycles. The third kappa shape index (κ3) is 3.12. The van der Waals surface area contributed by atoms with Crippen molar-refractivity contribution in [3.8, 4) is 0 Å². The monoisotopic (exact) mass is 246 g/mol. The maximum Gasteiger partial charge on any atom is 0.0496 e. The van der Waals surface area contributed by atoms with Crippen LogP contribution in [0.1, 0.15) is 45.2 Å². The van der Waals surface area contributed by atoms with Gasteiger partial charge in [-0.3, -0.25) is 4.90 Å². The molecule has 0 radical (unpaired) electrons. The number of rotatable bonds is 3. The van der Waals surface area contributed by atoms with Gasteiger partial charge in [0.1, 0.15) is 0 Å². The van der Waals surface area contributed by atoms with E-state index in [0.29, 0.717) is 11.5 Å². The van der Waals surface area contributed by atoms with Gasteiger partial charge in [0.2, 0.25) is 0 Å². The molecule has 2 nitrogen and oxygen atoms in total. The highest BCUT2D eigenvalue weighted by molar-refractivity contribution is 5.20. The van der Waals surface area contributed by atoms with Gasteiger partial charge < -0.3 is 5.73 Å². The van der Waals surface area contributed by atoms with Crippen LogP contribution in [0, 0.1) is 5.41 Å². The Kier molecular flexibility index (Phi) is 4.08. The molecule has 0 aliphatic carbocycles. The highest BCUT2D eigenvalue weighted by atomic mass is 15.2. The molecule has 1 aromatic carbocycles. The van der Waals surface area contributed by atoms with E-state index in [-0.39, 0.29) is 6.04 Å². The summed E-state index contributed by atoms with van der Waals surface area (Å²) >= 11 is 0. The Labute approximate surface area is 111 Å². The molecule has 1 aliphatic heterocycles. The molecule has 1 saturated heterocycles. The second-order valence-corrected chi connectivity index (χ2v) is 6.45. The summed E-state index contributed by atoms with van der Waals surface area (Å²) in [5, 5.41) is 0. The van der Waals surface area contributed by atoms with Gasteiger partial charge >= 0.3 is 0 Å². The zero-order chi connectivity index (χ0) is 13.2. The molecule has 18 heavy (non-hydrogen) atoms. The fourth-order valence-electron chi connectivity index (χ4n) is 3.20. The number of benzene rings is 1. The lowest BCUT2D eigenvalue weighted by Crippen LogP contribution is -2.47. The fourth-order valence-corrected chi connectivity index (χ4v) is 3.20. The minimum Gasteiger partial charge on any atom is -0.326 e. The molecule has 2 unspecified atom stereocenters. The lowest BCUT2D eigenvalue weighted by atomic mass is 9.82. The number of hydrogen-bond acceptors (Lipinski definition) is 2. The van der Waals surface area contributed by atoms with E-state index in [1.54, 1.807) is 0 Å². The quantitative estimate of drug-likeness (QED) is 0.887. The SMILES string of the molecule is CC(N)C(c1ccccc1)N1CCCC(C)(C)C1. The second-order valence-electron chi connectivity index (χ2n) is 6.45. The Balaban J connectivity index is 2.21. The van der Waals surface area contributed by atoms with Crippen molar-refractivity contribution >= 4 is 0 Å². The predicted molar refractivity (Wildman–Crippen MR) is 77.4 cm³/mol. The van der Waals surface area contributed by atoms with Gasteiger partial charge in [0.05, 0.1) is 0 Å². The van der Waals surface area contributed by atoms with Crippen molar-refractivity contribution in [1.82, 2.24) is 4.90 Å². The molecular weight excluding hydrogens is 220 g/mol. The van der Waals surface area contributed by atoms with Crippen LogP contribution in [0.15, 0.2) is 30.3 Å². The van der Waals surface area contributed by atoms with Crippen LogP contribution in [0.5, 0.6) is 0 Å². The summed E-state index contributed by atoms with van der Waals surface area (Å²) < 4.78 is 0. The van der Waals surface area contributed by atoms with Crippen molar-refractivity contribution in [2.24, 2.45) is 11.1 Å². The highest BCUT2D eigenvalue weighted by Crippen LogP contribution is 2.34. The molecule has 1 aliphatic rings. The van der Waals surface area contributed by atoms with Gasteiger partial charge in [0.15, 0.2) is 0 Å². The molecule has 1 fully saturated rings. The number of likely N-dealkylation sites (tertiary alicyclic amines) is 1. The Morgan fingerprint density at radius 1 is 1.22 bits per heavy atom. The molecule has 1 aromatic rings. The van der Waals surface area contributed by atoms with Crippen molar-refractivity contribution in [1.29, 1.82) is 0 Å². The molecule has 0 amide bonds. The van der Waals surface area contributed by atoms with Gasteiger partial charge in [-0.05, 0) is 37.3 Å². The van der Waals surface area contributed by atoms with Crippen LogP contribution in [-0.2, 0) is 0 Å². The Morgan fingerprint density at radius 2 is 1.89 bits per heavy atom. The molecule has 0 saturated carbocycles. The average Bonchev–Trinajstić information content (AvgIpc) is 2.28. The summed E-state index contributed by atoms with van der Waals surface area (Å²) in [5.74, 6) is 0. The number of nitrogens with zero attached hydrogens (tertiary/aromatic N) is 1. The Bertz CT molecular complexity index is 370. The van der Waals surface area contributed by atoms with Crippen LogP contribution in [0.3, 0.4) is 0 Å². The van der Waals surface area contributed by atoms with Crippen molar-refractivity contribution in [2.75, 3.05) is 13.1 Å². The van der Waals surface area contributed by atoms with Gasteiger partial charge in [0, 0.05) is 18.6 Å². The highest BCUT2D eigenvalue weighted by Gasteiger charge is 2.32. The maximum atomic E-state index is 6.25. The summed E-state index contributed by atoms with van der Waals surface area (Å²) in [6, 6.07) is 11.2. The van der Waals surface area contributed by atoms with Gasteiger partial charge in [-0.1, -0.05) is 44.2 Å². The van der Waals surface area contributed by atoms with Crippen LogP contribution >= 0.6 is 0 Å². The third-order valence-corrected chi connectivity index (χ3v) is 3.96. The molecule has 2 heteroatoms. The van der Waals surface area contributed by atoms with E-state index in [2.05, 4.69) is 56.0 Å². The third-order valence-electron chi connectivity index (χ3n) is 3.96. The first-order valence-corrected chi connectivity index (χ1v) is 7.04. The van der Waals surface area contributed by atoms with Crippen LogP contribution < -0.4 is 5.73 Å². The first-order chi connectivity index (χ1) is 8.49. The molecule has 100 valence electrons. The molecule has 2 N–H and O–H groups in total. The number of hydrogen-bond donors (Lipinski definition) is 1. The molecule has 0 bridgehead atoms. The van der Waals surface area contributed by atoms with Gasteiger partial charge in [-0.2, -0.15) is 0 Å². The molecule has 2 atom stereocenters. The van der Waals surface area contributed by atoms with Crippen LogP contribution in [0.2, 0.25) is 0 Å². The van der Waals surface area contributed by atoms with Gasteiger partial charge in [-0.15, -0.1) is 0 Å². The standard InChI is InChI=1S/C16H26N2/c1-13(17)15(14-8-5-4-6-9-14)18-11-7-10-16(2,3)12-18/h4-6,8-9,13,15H,7,10-12,17H2,1-3H3. The summed E-state index contributed by atoms with van der Waals surface area (Å²) in [6.45, 7) is 9.17. The Hall–Kier alpha value is -0.860. The van der Waals surface area contributed by atoms with Crippen LogP contribution in [-0.4, -0.2) is 24.0 Å². The smallest absolute Gasteiger partial charge is 0.0496 e. The normalized spacial score (nSPS) is 23.6. The van der Waals surface area contributed by atoms with Gasteiger partial charge in [0.25, 0.3) is 0 Å². The predicted octanol–water partition coefficient (Wildman–Crippen LogP) is 3.20. The van der Waals surface area contributed by atoms with E-state index < -0.39 is 0 Å². The molecule has 1 heterocycles. The summed E-state index contributed by atoms with van der Waals surface area (Å²) in [5.41, 5.74) is 8.02. The topological polar surface area (TPSA) is 29.3 Å². The largest absolute Gasteiger partial charge is 0.326 e. The first kappa shape index (κ1) is 13.6. The summed E-state index contributed by atoms with van der Waals surface area (Å²) in [4.78, 5) is 2.57. The number of piperidine rings is 1. The van der Waals surface area contributed by atoms with E-state index in [9.17, 15) is 0 Å². The fraction of sp³-hybridized carbons (Fsp3) is 0.625. The van der Waals surface area contributed by atoms with Crippen molar-refractivity contribution in [3.05, 3.63) is 35.9 Å². The van der Waals surface area contributed by atoms with Crippen molar-refractivity contribution < 1.29 is 0 Å². The van der Waals surface area contributed by atoms with Crippen LogP contribution in [0.4, 0.5) is 0 Å². The lowest BCUT2D eigenvalue weighted by Gasteiger charge is -2.43. The zero-order valence-electron chi connectivity index (χ0n) is 11.9. The zero-order valence-corrected chi connectivity index (χ0v) is 11.9. The molecule has 2 rings (SSSR count). The lowest BCUT2D eigenvalue weighted by molar-refractivity contribution is 0.0688. The second kappa shape index (κ2) is 5.41. The van der Waals surface area contributed by atoms with Crippen molar-refractivity contribution in [3.63, 3.8) is 0 Å². The average molecular weight is 246 g/mol. The van der Waals surface area contributed by atoms with Gasteiger partial charge in [-0.25, -0.2) is 0 Å². The van der Waals surface area contributed by atoms with E-state index in [0.717, 1.165) is 6.54 Å². The van der Waals surface area contributed by atoms with E-state index >= 15 is 0 Å². The minimum atomic E-state index is 0.168. The van der Waals surface area contributed by atoms with E-state index in [1.165, 1.54) is 24.9 Å². The molecule has 0 spiro atoms. The van der Waals surface area contributed by atoms with E-state index in [1.807, 2.05) is 0 Å². The van der Waals surface area contributed by atoms with Crippen LogP contribution in [0.25, 0.3) is 0 Å². The van der Waals surface area contributed by atoms with E-state index in [4.69, 9.17) is 5.73 Å². The summed E-state index contributed by atoms with van der Waals surface area (Å²) in [7, 11) is 0. The minimum absolute atomic E-state index is 0.168. The summed E-state index contributed by atoms with van der Waals surface area (Å²) in [6.07, 6.45) is 2.60. The first-order valence-electron chi connectivity index (χ1n) is 7.04. The number of nitrogens with two attached hydrogens (primary N) is 1. The van der Waals surface area contributed by atoms with Crippen molar-refractivity contribution in [2.45, 2.75) is 45.7 Å². The molecular formula is C16H26N2.